The number of carbonyl (C=O) groups excluding carboxylic acids is 3. The van der Waals surface area contributed by atoms with Gasteiger partial charge in [-0.3, -0.25) is 19.3 Å². The van der Waals surface area contributed by atoms with E-state index in [-0.39, 0.29) is 28.7 Å². The van der Waals surface area contributed by atoms with Gasteiger partial charge >= 0.3 is 0 Å². The molecule has 1 aromatic heterocycles. The monoisotopic (exact) mass is 617 g/mol. The number of hydrogen-bond donors (Lipinski definition) is 3. The molecule has 3 amide bonds. The highest BCUT2D eigenvalue weighted by Gasteiger charge is 2.37. The summed E-state index contributed by atoms with van der Waals surface area (Å²) in [5, 5.41) is 2.96. The van der Waals surface area contributed by atoms with Crippen molar-refractivity contribution in [1.82, 2.24) is 9.69 Å². The number of ether oxygens (including phenoxy) is 3. The number of primary amides is 1. The Morgan fingerprint density at radius 1 is 0.909 bits per heavy atom. The summed E-state index contributed by atoms with van der Waals surface area (Å²) in [7, 11) is 4.39. The Labute approximate surface area is 259 Å². The van der Waals surface area contributed by atoms with E-state index < -0.39 is 23.8 Å². The first-order valence-corrected chi connectivity index (χ1v) is 14.5. The van der Waals surface area contributed by atoms with Crippen LogP contribution in [0.5, 0.6) is 17.2 Å². The summed E-state index contributed by atoms with van der Waals surface area (Å²) in [6, 6.07) is 18.6. The van der Waals surface area contributed by atoms with Crippen LogP contribution in [0.15, 0.2) is 66.7 Å². The van der Waals surface area contributed by atoms with Crippen molar-refractivity contribution in [2.75, 3.05) is 32.0 Å². The van der Waals surface area contributed by atoms with Crippen LogP contribution in [-0.2, 0) is 11.3 Å². The Kier molecular flexibility index (Phi) is 10.1. The van der Waals surface area contributed by atoms with Gasteiger partial charge in [0, 0.05) is 12.2 Å². The molecule has 44 heavy (non-hydrogen) atoms. The highest BCUT2D eigenvalue weighted by atomic mass is 32.1. The number of nitrogens with zero attached hydrogens (tertiary/aromatic N) is 2. The molecular formula is C32H35N5O6S. The van der Waals surface area contributed by atoms with Gasteiger partial charge in [-0.1, -0.05) is 56.3 Å². The van der Waals surface area contributed by atoms with Gasteiger partial charge in [0.15, 0.2) is 17.2 Å². The summed E-state index contributed by atoms with van der Waals surface area (Å²) in [4.78, 5) is 41.9. The van der Waals surface area contributed by atoms with Crippen LogP contribution in [0.2, 0.25) is 0 Å². The second kappa shape index (κ2) is 13.9. The zero-order valence-electron chi connectivity index (χ0n) is 25.1. The fourth-order valence-corrected chi connectivity index (χ4v) is 5.44. The Balaban J connectivity index is 1.94. The number of aromatic nitrogens is 1. The van der Waals surface area contributed by atoms with Crippen molar-refractivity contribution >= 4 is 40.6 Å². The summed E-state index contributed by atoms with van der Waals surface area (Å²) < 4.78 is 20.7. The predicted octanol–water partition coefficient (Wildman–Crippen LogP) is 4.68. The topological polar surface area (TPSA) is 159 Å². The van der Waals surface area contributed by atoms with E-state index in [4.69, 9.17) is 25.7 Å². The average molecular weight is 618 g/mol. The molecule has 0 radical (unpaired) electrons. The second-order valence-electron chi connectivity index (χ2n) is 10.1. The van der Waals surface area contributed by atoms with Gasteiger partial charge in [0.2, 0.25) is 11.7 Å². The number of nitrogen functional groups attached to an aromatic ring is 1. The molecule has 4 aromatic rings. The van der Waals surface area contributed by atoms with Gasteiger partial charge in [0.25, 0.3) is 11.8 Å². The van der Waals surface area contributed by atoms with E-state index in [0.29, 0.717) is 28.5 Å². The zero-order valence-corrected chi connectivity index (χ0v) is 25.9. The van der Waals surface area contributed by atoms with Crippen LogP contribution in [0.1, 0.15) is 62.7 Å². The maximum absolute atomic E-state index is 14.4. The lowest BCUT2D eigenvalue weighted by atomic mass is 9.99. The van der Waals surface area contributed by atoms with E-state index in [1.165, 1.54) is 26.2 Å². The number of anilines is 2. The molecule has 5 N–H and O–H groups in total. The molecule has 12 heteroatoms. The van der Waals surface area contributed by atoms with Gasteiger partial charge in [0.05, 0.1) is 27.0 Å². The van der Waals surface area contributed by atoms with Gasteiger partial charge in [-0.15, -0.1) is 0 Å². The van der Waals surface area contributed by atoms with Gasteiger partial charge in [-0.25, -0.2) is 0 Å². The van der Waals surface area contributed by atoms with E-state index in [9.17, 15) is 14.4 Å². The van der Waals surface area contributed by atoms with Crippen molar-refractivity contribution in [1.29, 1.82) is 0 Å². The van der Waals surface area contributed by atoms with Gasteiger partial charge in [-0.2, -0.15) is 4.37 Å². The molecule has 0 saturated heterocycles. The van der Waals surface area contributed by atoms with E-state index >= 15 is 0 Å². The number of amides is 3. The number of carbonyl (C=O) groups is 3. The van der Waals surface area contributed by atoms with E-state index in [2.05, 4.69) is 23.5 Å². The molecule has 4 rings (SSSR count). The van der Waals surface area contributed by atoms with Gasteiger partial charge in [-0.05, 0) is 58.4 Å². The number of rotatable bonds is 12. The van der Waals surface area contributed by atoms with Crippen LogP contribution in [-0.4, -0.2) is 43.4 Å². The van der Waals surface area contributed by atoms with E-state index in [0.717, 1.165) is 22.7 Å². The fourth-order valence-electron chi connectivity index (χ4n) is 4.70. The molecule has 1 heterocycles. The van der Waals surface area contributed by atoms with Gasteiger partial charge < -0.3 is 31.0 Å². The minimum absolute atomic E-state index is 0.0416. The largest absolute Gasteiger partial charge is 0.493 e. The van der Waals surface area contributed by atoms with Crippen molar-refractivity contribution in [3.63, 3.8) is 0 Å². The van der Waals surface area contributed by atoms with Crippen LogP contribution < -0.4 is 35.9 Å². The molecule has 230 valence electrons. The third-order valence-corrected chi connectivity index (χ3v) is 7.88. The first-order valence-electron chi connectivity index (χ1n) is 13.7. The van der Waals surface area contributed by atoms with Crippen molar-refractivity contribution in [3.05, 3.63) is 94.0 Å². The average Bonchev–Trinajstić information content (AvgIpc) is 3.43. The van der Waals surface area contributed by atoms with E-state index in [1.54, 1.807) is 24.3 Å². The first-order chi connectivity index (χ1) is 21.1. The SMILES string of the molecule is COc1cc(C(C(=O)NCc2ccccc2)N(C(=O)c2snc(C(N)=O)c2N)c2ccc(C(C)C)cc2)cc(OC)c1OC. The lowest BCUT2D eigenvalue weighted by Gasteiger charge is -2.32. The Morgan fingerprint density at radius 3 is 2.02 bits per heavy atom. The first kappa shape index (κ1) is 31.8. The quantitative estimate of drug-likeness (QED) is 0.207. The molecule has 0 spiro atoms. The Morgan fingerprint density at radius 2 is 1.52 bits per heavy atom. The second-order valence-corrected chi connectivity index (χ2v) is 10.9. The normalized spacial score (nSPS) is 11.5. The number of methoxy groups -OCH3 is 3. The Hall–Kier alpha value is -5.10. The molecule has 1 atom stereocenters. The molecule has 0 aliphatic carbocycles. The van der Waals surface area contributed by atoms with Crippen molar-refractivity contribution < 1.29 is 28.6 Å². The lowest BCUT2D eigenvalue weighted by molar-refractivity contribution is -0.122. The number of nitrogens with one attached hydrogen (secondary N) is 1. The molecular weight excluding hydrogens is 582 g/mol. The standard InChI is InChI=1S/C32H35N5O6S/c1-18(2)20-11-13-22(14-12-20)37(32(40)29-25(33)26(30(34)38)36-44-29)27(31(39)35-17-19-9-7-6-8-10-19)21-15-23(41-3)28(43-5)24(16-21)42-4/h6-16,18,27H,17,33H2,1-5H3,(H2,34,38)(H,35,39). The summed E-state index contributed by atoms with van der Waals surface area (Å²) in [6.45, 7) is 4.30. The predicted molar refractivity (Wildman–Crippen MR) is 170 cm³/mol. The molecule has 0 aliphatic heterocycles. The van der Waals surface area contributed by atoms with Crippen molar-refractivity contribution in [2.45, 2.75) is 32.4 Å². The van der Waals surface area contributed by atoms with Crippen molar-refractivity contribution in [3.8, 4) is 17.2 Å². The fraction of sp³-hybridized carbons (Fsp3) is 0.250. The summed E-state index contributed by atoms with van der Waals surface area (Å²) >= 11 is 0.731. The summed E-state index contributed by atoms with van der Waals surface area (Å²) in [6.07, 6.45) is 0. The van der Waals surface area contributed by atoms with Crippen LogP contribution in [0, 0.1) is 0 Å². The van der Waals surface area contributed by atoms with E-state index in [1.807, 2.05) is 42.5 Å². The van der Waals surface area contributed by atoms with Gasteiger partial charge in [0.1, 0.15) is 10.9 Å². The zero-order chi connectivity index (χ0) is 32.0. The number of benzene rings is 3. The Bertz CT molecular complexity index is 1610. The lowest BCUT2D eigenvalue weighted by Crippen LogP contribution is -2.44. The molecule has 0 bridgehead atoms. The number of hydrogen-bond acceptors (Lipinski definition) is 9. The minimum atomic E-state index is -1.26. The molecule has 3 aromatic carbocycles. The summed E-state index contributed by atoms with van der Waals surface area (Å²) in [5.74, 6) is -0.895. The molecule has 0 fully saturated rings. The highest BCUT2D eigenvalue weighted by Crippen LogP contribution is 2.42. The maximum atomic E-state index is 14.4. The third kappa shape index (κ3) is 6.60. The summed E-state index contributed by atoms with van der Waals surface area (Å²) in [5.41, 5.74) is 13.9. The maximum Gasteiger partial charge on any atom is 0.273 e. The van der Waals surface area contributed by atoms with Crippen LogP contribution in [0.4, 0.5) is 11.4 Å². The molecule has 1 unspecified atom stereocenters. The van der Waals surface area contributed by atoms with Crippen LogP contribution in [0.3, 0.4) is 0 Å². The number of nitrogens with two attached hydrogens (primary N) is 2. The van der Waals surface area contributed by atoms with Crippen LogP contribution >= 0.6 is 11.5 Å². The highest BCUT2D eigenvalue weighted by molar-refractivity contribution is 7.09. The third-order valence-electron chi connectivity index (χ3n) is 7.03. The molecule has 0 aliphatic rings. The minimum Gasteiger partial charge on any atom is -0.493 e. The molecule has 0 saturated carbocycles. The van der Waals surface area contributed by atoms with Crippen molar-refractivity contribution in [2.24, 2.45) is 5.73 Å². The van der Waals surface area contributed by atoms with Crippen LogP contribution in [0.25, 0.3) is 0 Å². The smallest absolute Gasteiger partial charge is 0.273 e. The molecule has 11 nitrogen and oxygen atoms in total.